The van der Waals surface area contributed by atoms with Crippen molar-refractivity contribution in [3.8, 4) is 0 Å². The van der Waals surface area contributed by atoms with Gasteiger partial charge in [-0.15, -0.1) is 0 Å². The van der Waals surface area contributed by atoms with Gasteiger partial charge in [0, 0.05) is 20.1 Å². The zero-order valence-corrected chi connectivity index (χ0v) is 6.42. The van der Waals surface area contributed by atoms with Gasteiger partial charge in [-0.2, -0.15) is 0 Å². The fraction of sp³-hybridized carbons (Fsp3) is 0.667. The third-order valence-corrected chi connectivity index (χ3v) is 0.969. The van der Waals surface area contributed by atoms with Crippen LogP contribution in [0.25, 0.3) is 0 Å². The molecule has 0 aromatic carbocycles. The number of hydrogen-bond acceptors (Lipinski definition) is 3. The summed E-state index contributed by atoms with van der Waals surface area (Å²) in [6, 6.07) is 0. The van der Waals surface area contributed by atoms with E-state index < -0.39 is 5.91 Å². The lowest BCUT2D eigenvalue weighted by atomic mass is 10.4. The number of carbonyl (C=O) groups is 2. The van der Waals surface area contributed by atoms with Gasteiger partial charge in [0.15, 0.2) is 0 Å². The fourth-order valence-corrected chi connectivity index (χ4v) is 0.507. The third kappa shape index (κ3) is 6.79. The lowest BCUT2D eigenvalue weighted by Crippen LogP contribution is -2.30. The minimum Gasteiger partial charge on any atom is -0.375 e. The van der Waals surface area contributed by atoms with Crippen LogP contribution in [0.3, 0.4) is 0 Å². The van der Waals surface area contributed by atoms with Crippen LogP contribution in [-0.4, -0.2) is 32.1 Å². The van der Waals surface area contributed by atoms with Crippen LogP contribution >= 0.6 is 0 Å². The van der Waals surface area contributed by atoms with E-state index in [9.17, 15) is 9.59 Å². The molecule has 0 fully saturated rings. The number of nitrogens with two attached hydrogens (primary N) is 1. The number of methoxy groups -OCH3 is 1. The van der Waals surface area contributed by atoms with Gasteiger partial charge in [0.2, 0.25) is 11.8 Å². The van der Waals surface area contributed by atoms with Crippen molar-refractivity contribution in [1.82, 2.24) is 5.32 Å². The van der Waals surface area contributed by atoms with Crippen LogP contribution in [0.15, 0.2) is 0 Å². The number of ether oxygens (including phenoxy) is 1. The molecule has 0 radical (unpaired) electrons. The summed E-state index contributed by atoms with van der Waals surface area (Å²) in [7, 11) is 1.42. The average Bonchev–Trinajstić information content (AvgIpc) is 1.87. The molecule has 0 saturated heterocycles. The number of amides is 2. The Hall–Kier alpha value is -1.10. The Bertz CT molecular complexity index is 147. The maximum Gasteiger partial charge on any atom is 0.245 e. The third-order valence-electron chi connectivity index (χ3n) is 0.969. The second kappa shape index (κ2) is 5.67. The highest BCUT2D eigenvalue weighted by molar-refractivity contribution is 5.78. The SMILES string of the molecule is COCC(=O)NCCC(N)=O. The number of carbonyl (C=O) groups excluding carboxylic acids is 2. The van der Waals surface area contributed by atoms with E-state index in [1.807, 2.05) is 0 Å². The Morgan fingerprint density at radius 2 is 2.18 bits per heavy atom. The Morgan fingerprint density at radius 1 is 1.55 bits per heavy atom. The summed E-state index contributed by atoms with van der Waals surface area (Å²) in [5.41, 5.74) is 4.83. The molecule has 0 aliphatic rings. The minimum absolute atomic E-state index is 0.0127. The van der Waals surface area contributed by atoms with E-state index in [1.165, 1.54) is 7.11 Å². The van der Waals surface area contributed by atoms with Crippen LogP contribution in [0.2, 0.25) is 0 Å². The van der Waals surface area contributed by atoms with Gasteiger partial charge in [0.05, 0.1) is 0 Å². The zero-order chi connectivity index (χ0) is 8.69. The van der Waals surface area contributed by atoms with Crippen LogP contribution in [0.5, 0.6) is 0 Å². The molecule has 64 valence electrons. The highest BCUT2D eigenvalue weighted by Gasteiger charge is 1.99. The fourth-order valence-electron chi connectivity index (χ4n) is 0.507. The number of rotatable bonds is 5. The van der Waals surface area contributed by atoms with E-state index in [0.29, 0.717) is 0 Å². The molecule has 2 amide bonds. The summed E-state index contributed by atoms with van der Waals surface area (Å²) in [6.07, 6.45) is 0.162. The molecule has 0 aromatic rings. The van der Waals surface area contributed by atoms with Gasteiger partial charge >= 0.3 is 0 Å². The van der Waals surface area contributed by atoms with Crippen molar-refractivity contribution in [3.05, 3.63) is 0 Å². The summed E-state index contributed by atoms with van der Waals surface area (Å²) >= 11 is 0. The first-order valence-electron chi connectivity index (χ1n) is 3.20. The van der Waals surface area contributed by atoms with Gasteiger partial charge < -0.3 is 15.8 Å². The Kier molecular flexibility index (Phi) is 5.10. The van der Waals surface area contributed by atoms with Gasteiger partial charge in [0.1, 0.15) is 6.61 Å². The molecule has 0 aliphatic heterocycles. The Balaban J connectivity index is 3.24. The van der Waals surface area contributed by atoms with E-state index >= 15 is 0 Å². The molecule has 0 aliphatic carbocycles. The lowest BCUT2D eigenvalue weighted by Gasteiger charge is -2.00. The van der Waals surface area contributed by atoms with Crippen molar-refractivity contribution in [2.75, 3.05) is 20.3 Å². The van der Waals surface area contributed by atoms with E-state index in [0.717, 1.165) is 0 Å². The monoisotopic (exact) mass is 160 g/mol. The molecule has 0 saturated carbocycles. The normalized spacial score (nSPS) is 9.18. The minimum atomic E-state index is -0.428. The van der Waals surface area contributed by atoms with Crippen molar-refractivity contribution < 1.29 is 14.3 Å². The molecule has 0 aromatic heterocycles. The van der Waals surface area contributed by atoms with Gasteiger partial charge in [-0.25, -0.2) is 0 Å². The quantitative estimate of drug-likeness (QED) is 0.520. The molecule has 11 heavy (non-hydrogen) atoms. The van der Waals surface area contributed by atoms with E-state index in [4.69, 9.17) is 5.73 Å². The first kappa shape index (κ1) is 9.90. The van der Waals surface area contributed by atoms with Crippen molar-refractivity contribution in [1.29, 1.82) is 0 Å². The van der Waals surface area contributed by atoms with Gasteiger partial charge in [-0.3, -0.25) is 9.59 Å². The van der Waals surface area contributed by atoms with Crippen LogP contribution in [0.4, 0.5) is 0 Å². The molecule has 0 heterocycles. The molecular weight excluding hydrogens is 148 g/mol. The maximum absolute atomic E-state index is 10.6. The van der Waals surface area contributed by atoms with Gasteiger partial charge in [0.25, 0.3) is 0 Å². The van der Waals surface area contributed by atoms with Crippen molar-refractivity contribution >= 4 is 11.8 Å². The van der Waals surface area contributed by atoms with E-state index in [-0.39, 0.29) is 25.5 Å². The largest absolute Gasteiger partial charge is 0.375 e. The van der Waals surface area contributed by atoms with E-state index in [1.54, 1.807) is 0 Å². The van der Waals surface area contributed by atoms with Crippen LogP contribution in [0.1, 0.15) is 6.42 Å². The summed E-state index contributed by atoms with van der Waals surface area (Å²) in [6.45, 7) is 0.288. The highest BCUT2D eigenvalue weighted by Crippen LogP contribution is 1.74. The van der Waals surface area contributed by atoms with Crippen LogP contribution in [-0.2, 0) is 14.3 Å². The second-order valence-electron chi connectivity index (χ2n) is 2.00. The average molecular weight is 160 g/mol. The molecule has 0 bridgehead atoms. The van der Waals surface area contributed by atoms with Gasteiger partial charge in [-0.1, -0.05) is 0 Å². The second-order valence-corrected chi connectivity index (χ2v) is 2.00. The predicted molar refractivity (Wildman–Crippen MR) is 38.7 cm³/mol. The summed E-state index contributed by atoms with van der Waals surface area (Å²) in [4.78, 5) is 20.8. The van der Waals surface area contributed by atoms with Crippen molar-refractivity contribution in [2.24, 2.45) is 5.73 Å². The Labute approximate surface area is 64.9 Å². The predicted octanol–water partition coefficient (Wildman–Crippen LogP) is -1.38. The molecule has 0 spiro atoms. The number of hydrogen-bond donors (Lipinski definition) is 2. The Morgan fingerprint density at radius 3 is 2.64 bits per heavy atom. The highest BCUT2D eigenvalue weighted by atomic mass is 16.5. The number of primary amides is 1. The molecule has 0 unspecified atom stereocenters. The molecule has 5 nitrogen and oxygen atoms in total. The maximum atomic E-state index is 10.6. The van der Waals surface area contributed by atoms with Crippen molar-refractivity contribution in [2.45, 2.75) is 6.42 Å². The zero-order valence-electron chi connectivity index (χ0n) is 6.42. The van der Waals surface area contributed by atoms with E-state index in [2.05, 4.69) is 10.1 Å². The number of nitrogens with one attached hydrogen (secondary N) is 1. The van der Waals surface area contributed by atoms with Gasteiger partial charge in [-0.05, 0) is 0 Å². The summed E-state index contributed by atoms with van der Waals surface area (Å²) in [5, 5.41) is 2.45. The molecule has 0 atom stereocenters. The standard InChI is InChI=1S/C6H12N2O3/c1-11-4-6(10)8-3-2-5(7)9/h2-4H2,1H3,(H2,7,9)(H,8,10). The summed E-state index contributed by atoms with van der Waals surface area (Å²) < 4.78 is 4.53. The smallest absolute Gasteiger partial charge is 0.245 e. The van der Waals surface area contributed by atoms with Crippen LogP contribution < -0.4 is 11.1 Å². The molecule has 0 rings (SSSR count). The summed E-state index contributed by atoms with van der Waals surface area (Å²) in [5.74, 6) is -0.670. The van der Waals surface area contributed by atoms with Crippen molar-refractivity contribution in [3.63, 3.8) is 0 Å². The first-order valence-corrected chi connectivity index (χ1v) is 3.20. The topological polar surface area (TPSA) is 81.4 Å². The molecule has 5 heteroatoms. The molecule has 3 N–H and O–H groups in total. The van der Waals surface area contributed by atoms with Crippen LogP contribution in [0, 0.1) is 0 Å². The lowest BCUT2D eigenvalue weighted by molar-refractivity contribution is -0.124. The first-order chi connectivity index (χ1) is 5.16. The molecular formula is C6H12N2O3.